The van der Waals surface area contributed by atoms with Crippen LogP contribution in [0.3, 0.4) is 0 Å². The monoisotopic (exact) mass is 562 g/mol. The molecule has 1 aliphatic carbocycles. The second kappa shape index (κ2) is 14.3. The Morgan fingerprint density at radius 1 is 0.829 bits per heavy atom. The average Bonchev–Trinajstić information content (AvgIpc) is 3.50. The number of carboxylic acids is 1. The van der Waals surface area contributed by atoms with Gasteiger partial charge in [-0.3, -0.25) is 14.4 Å². The van der Waals surface area contributed by atoms with E-state index in [0.717, 1.165) is 43.2 Å². The predicted octanol–water partition coefficient (Wildman–Crippen LogP) is 3.05. The molecule has 3 amide bonds. The molecule has 9 heteroatoms. The molecule has 2 aromatic rings. The zero-order chi connectivity index (χ0) is 29.4. The highest BCUT2D eigenvalue weighted by Crippen LogP contribution is 2.31. The van der Waals surface area contributed by atoms with E-state index in [9.17, 15) is 24.3 Å². The van der Waals surface area contributed by atoms with Crippen molar-refractivity contribution < 1.29 is 24.3 Å². The number of nitrogens with zero attached hydrogens (tertiary/aromatic N) is 1. The van der Waals surface area contributed by atoms with E-state index in [1.165, 1.54) is 0 Å². The fourth-order valence-corrected chi connectivity index (χ4v) is 6.18. The third-order valence-electron chi connectivity index (χ3n) is 8.56. The molecule has 1 aliphatic heterocycles. The molecule has 4 N–H and O–H groups in total. The predicted molar refractivity (Wildman–Crippen MR) is 156 cm³/mol. The van der Waals surface area contributed by atoms with Crippen molar-refractivity contribution in [3.05, 3.63) is 71.8 Å². The summed E-state index contributed by atoms with van der Waals surface area (Å²) in [5.41, 5.74) is 1.54. The maximum absolute atomic E-state index is 14.0. The number of benzene rings is 2. The summed E-state index contributed by atoms with van der Waals surface area (Å²) in [5.74, 6) is -2.78. The van der Waals surface area contributed by atoms with Crippen molar-refractivity contribution in [2.75, 3.05) is 13.6 Å². The van der Waals surface area contributed by atoms with Crippen LogP contribution in [0.1, 0.15) is 68.9 Å². The molecule has 0 spiro atoms. The minimum Gasteiger partial charge on any atom is -0.480 e. The molecule has 9 nitrogen and oxygen atoms in total. The number of likely N-dealkylation sites (tertiary alicyclic amines) is 1. The van der Waals surface area contributed by atoms with Crippen LogP contribution in [-0.4, -0.2) is 71.5 Å². The minimum absolute atomic E-state index is 0.000812. The third kappa shape index (κ3) is 7.33. The van der Waals surface area contributed by atoms with Crippen molar-refractivity contribution in [2.24, 2.45) is 5.92 Å². The fourth-order valence-electron chi connectivity index (χ4n) is 6.18. The zero-order valence-corrected chi connectivity index (χ0v) is 23.9. The number of rotatable bonds is 11. The maximum Gasteiger partial charge on any atom is 0.327 e. The van der Waals surface area contributed by atoms with Gasteiger partial charge in [-0.25, -0.2) is 4.79 Å². The Hall–Kier alpha value is -3.72. The Kier molecular flexibility index (Phi) is 10.5. The first kappa shape index (κ1) is 30.2. The molecule has 220 valence electrons. The summed E-state index contributed by atoms with van der Waals surface area (Å²) in [7, 11) is 1.69. The van der Waals surface area contributed by atoms with Gasteiger partial charge < -0.3 is 26.0 Å². The first-order valence-electron chi connectivity index (χ1n) is 14.7. The van der Waals surface area contributed by atoms with Gasteiger partial charge in [0.05, 0.1) is 6.04 Å². The van der Waals surface area contributed by atoms with Crippen molar-refractivity contribution in [3.8, 4) is 0 Å². The van der Waals surface area contributed by atoms with Gasteiger partial charge in [0.2, 0.25) is 17.7 Å². The van der Waals surface area contributed by atoms with Crippen LogP contribution in [0.5, 0.6) is 0 Å². The van der Waals surface area contributed by atoms with E-state index in [0.29, 0.717) is 19.4 Å². The lowest BCUT2D eigenvalue weighted by Crippen LogP contribution is -2.59. The maximum atomic E-state index is 14.0. The summed E-state index contributed by atoms with van der Waals surface area (Å²) in [6, 6.07) is 15.3. The zero-order valence-electron chi connectivity index (χ0n) is 23.9. The fraction of sp³-hybridized carbons (Fsp3) is 0.500. The molecular formula is C32H42N4O5. The van der Waals surface area contributed by atoms with E-state index < -0.39 is 42.0 Å². The number of likely N-dealkylation sites (N-methyl/N-ethyl adjacent to an activating group) is 1. The third-order valence-corrected chi connectivity index (χ3v) is 8.56. The van der Waals surface area contributed by atoms with Crippen LogP contribution in [-0.2, 0) is 19.2 Å². The molecule has 4 rings (SSSR count). The van der Waals surface area contributed by atoms with Crippen molar-refractivity contribution in [2.45, 2.75) is 82.0 Å². The normalized spacial score (nSPS) is 19.8. The Morgan fingerprint density at radius 2 is 1.41 bits per heavy atom. The van der Waals surface area contributed by atoms with Crippen LogP contribution in [0.15, 0.2) is 60.7 Å². The van der Waals surface area contributed by atoms with Crippen LogP contribution in [0.25, 0.3) is 0 Å². The number of carbonyl (C=O) groups excluding carboxylic acids is 3. The molecule has 4 atom stereocenters. The van der Waals surface area contributed by atoms with Crippen LogP contribution in [0.4, 0.5) is 0 Å². The summed E-state index contributed by atoms with van der Waals surface area (Å²) in [4.78, 5) is 54.8. The number of carboxylic acid groups (broad SMARTS) is 1. The highest BCUT2D eigenvalue weighted by molar-refractivity contribution is 5.95. The van der Waals surface area contributed by atoms with Crippen molar-refractivity contribution in [1.29, 1.82) is 0 Å². The summed E-state index contributed by atoms with van der Waals surface area (Å²) in [5, 5.41) is 19.0. The molecular weight excluding hydrogens is 520 g/mol. The average molecular weight is 563 g/mol. The highest BCUT2D eigenvalue weighted by atomic mass is 16.4. The van der Waals surface area contributed by atoms with E-state index >= 15 is 0 Å². The lowest BCUT2D eigenvalue weighted by Gasteiger charge is -2.35. The number of aliphatic carboxylic acids is 1. The number of amides is 3. The lowest BCUT2D eigenvalue weighted by atomic mass is 9.83. The smallest absolute Gasteiger partial charge is 0.327 e. The SMILES string of the molecule is CN[C@@H](C)C(=O)N[C@H](C(=O)N1CCC[C@H]1C(=O)NC(C(=O)O)C(c1ccccc1)c1ccccc1)C1CCCCC1. The first-order valence-corrected chi connectivity index (χ1v) is 14.7. The van der Waals surface area contributed by atoms with Crippen molar-refractivity contribution in [1.82, 2.24) is 20.9 Å². The molecule has 1 unspecified atom stereocenters. The minimum atomic E-state index is -1.24. The van der Waals surface area contributed by atoms with Crippen LogP contribution in [0.2, 0.25) is 0 Å². The number of hydrogen-bond donors (Lipinski definition) is 4. The molecule has 0 radical (unpaired) electrons. The van der Waals surface area contributed by atoms with Gasteiger partial charge >= 0.3 is 5.97 Å². The van der Waals surface area contributed by atoms with Crippen LogP contribution < -0.4 is 16.0 Å². The van der Waals surface area contributed by atoms with Crippen molar-refractivity contribution >= 4 is 23.7 Å². The molecule has 0 bridgehead atoms. The lowest BCUT2D eigenvalue weighted by molar-refractivity contribution is -0.146. The van der Waals surface area contributed by atoms with Crippen LogP contribution in [0, 0.1) is 5.92 Å². The van der Waals surface area contributed by atoms with Gasteiger partial charge in [0.1, 0.15) is 18.1 Å². The van der Waals surface area contributed by atoms with Gasteiger partial charge in [-0.2, -0.15) is 0 Å². The van der Waals surface area contributed by atoms with Gasteiger partial charge in [0.25, 0.3) is 0 Å². The van der Waals surface area contributed by atoms with Gasteiger partial charge in [0, 0.05) is 12.5 Å². The standard InChI is InChI=1S/C32H42N4O5/c1-21(33-2)29(37)34-27(24-17-10-5-11-18-24)31(39)36-20-12-19-25(36)30(38)35-28(32(40)41)26(22-13-6-3-7-14-22)23-15-8-4-9-16-23/h3-4,6-9,13-16,21,24-28,33H,5,10-12,17-20H2,1-2H3,(H,34,37)(H,35,38)(H,40,41)/t21-,25-,27-,28?/m0/s1. The Bertz CT molecular complexity index is 1150. The summed E-state index contributed by atoms with van der Waals surface area (Å²) in [6.07, 6.45) is 5.84. The summed E-state index contributed by atoms with van der Waals surface area (Å²) < 4.78 is 0. The number of nitrogens with one attached hydrogen (secondary N) is 3. The molecule has 2 aromatic carbocycles. The van der Waals surface area contributed by atoms with Crippen molar-refractivity contribution in [3.63, 3.8) is 0 Å². The van der Waals surface area contributed by atoms with E-state index in [-0.39, 0.29) is 17.7 Å². The summed E-state index contributed by atoms with van der Waals surface area (Å²) in [6.45, 7) is 2.13. The number of hydrogen-bond acceptors (Lipinski definition) is 5. The molecule has 2 aliphatic rings. The van der Waals surface area contributed by atoms with Gasteiger partial charge in [-0.1, -0.05) is 79.9 Å². The Labute approximate surface area is 242 Å². The molecule has 1 saturated carbocycles. The largest absolute Gasteiger partial charge is 0.480 e. The Morgan fingerprint density at radius 3 is 1.95 bits per heavy atom. The molecule has 1 heterocycles. The summed E-state index contributed by atoms with van der Waals surface area (Å²) >= 11 is 0. The van der Waals surface area contributed by atoms with E-state index in [4.69, 9.17) is 0 Å². The van der Waals surface area contributed by atoms with Gasteiger partial charge in [0.15, 0.2) is 0 Å². The van der Waals surface area contributed by atoms with E-state index in [1.54, 1.807) is 18.9 Å². The van der Waals surface area contributed by atoms with E-state index in [1.807, 2.05) is 60.7 Å². The van der Waals surface area contributed by atoms with Crippen LogP contribution >= 0.6 is 0 Å². The molecule has 2 fully saturated rings. The van der Waals surface area contributed by atoms with Gasteiger partial charge in [-0.05, 0) is 56.7 Å². The van der Waals surface area contributed by atoms with Gasteiger partial charge in [-0.15, -0.1) is 0 Å². The first-order chi connectivity index (χ1) is 19.8. The quantitative estimate of drug-likeness (QED) is 0.333. The number of carbonyl (C=O) groups is 4. The van der Waals surface area contributed by atoms with E-state index in [2.05, 4.69) is 16.0 Å². The topological polar surface area (TPSA) is 128 Å². The second-order valence-electron chi connectivity index (χ2n) is 11.2. The molecule has 0 aromatic heterocycles. The molecule has 1 saturated heterocycles. The second-order valence-corrected chi connectivity index (χ2v) is 11.2. The molecule has 41 heavy (non-hydrogen) atoms. The Balaban J connectivity index is 1.57. The highest BCUT2D eigenvalue weighted by Gasteiger charge is 2.42.